The van der Waals surface area contributed by atoms with E-state index in [1.165, 1.54) is 18.4 Å². The molecule has 124 valence electrons. The average molecular weight is 320 g/mol. The number of amides is 1. The van der Waals surface area contributed by atoms with E-state index in [-0.39, 0.29) is 24.7 Å². The van der Waals surface area contributed by atoms with Gasteiger partial charge in [-0.3, -0.25) is 4.79 Å². The number of hydrogen-bond donors (Lipinski definition) is 2. The first kappa shape index (κ1) is 17.1. The van der Waals surface area contributed by atoms with Crippen LogP contribution in [0.1, 0.15) is 26.0 Å². The molecule has 2 N–H and O–H groups in total. The molecule has 1 unspecified atom stereocenters. The topological polar surface area (TPSA) is 75.4 Å². The van der Waals surface area contributed by atoms with Crippen LogP contribution in [0.25, 0.3) is 11.5 Å². The van der Waals surface area contributed by atoms with Gasteiger partial charge in [-0.05, 0) is 36.6 Å². The average Bonchev–Trinajstić information content (AvgIpc) is 2.93. The summed E-state index contributed by atoms with van der Waals surface area (Å²) in [5.41, 5.74) is 1.13. The zero-order valence-corrected chi connectivity index (χ0v) is 13.3. The number of aliphatic hydroxyl groups is 1. The summed E-state index contributed by atoms with van der Waals surface area (Å²) in [4.78, 5) is 16.1. The van der Waals surface area contributed by atoms with Crippen LogP contribution in [0.4, 0.5) is 4.39 Å². The summed E-state index contributed by atoms with van der Waals surface area (Å²) in [6.07, 6.45) is 1.56. The maximum Gasteiger partial charge on any atom is 0.226 e. The molecule has 0 saturated carbocycles. The van der Waals surface area contributed by atoms with Gasteiger partial charge in [-0.1, -0.05) is 13.8 Å². The number of halogens is 1. The van der Waals surface area contributed by atoms with E-state index >= 15 is 0 Å². The van der Waals surface area contributed by atoms with Crippen molar-refractivity contribution < 1.29 is 18.7 Å². The Balaban J connectivity index is 1.86. The summed E-state index contributed by atoms with van der Waals surface area (Å²) in [5, 5.41) is 12.4. The first-order valence-corrected chi connectivity index (χ1v) is 7.59. The molecule has 5 nitrogen and oxygen atoms in total. The van der Waals surface area contributed by atoms with Crippen molar-refractivity contribution in [2.24, 2.45) is 5.92 Å². The minimum atomic E-state index is -0.550. The predicted octanol–water partition coefficient (Wildman–Crippen LogP) is 2.55. The molecule has 0 saturated heterocycles. The number of benzene rings is 1. The summed E-state index contributed by atoms with van der Waals surface area (Å²) in [5.74, 6) is 0.148. The molecule has 0 bridgehead atoms. The lowest BCUT2D eigenvalue weighted by Gasteiger charge is -2.13. The lowest BCUT2D eigenvalue weighted by molar-refractivity contribution is -0.121. The number of carbonyl (C=O) groups excluding carboxylic acids is 1. The largest absolute Gasteiger partial charge is 0.444 e. The molecular formula is C17H21FN2O3. The third-order valence-electron chi connectivity index (χ3n) is 3.26. The van der Waals surface area contributed by atoms with Gasteiger partial charge in [-0.15, -0.1) is 0 Å². The molecule has 2 aromatic rings. The number of carbonyl (C=O) groups is 1. The van der Waals surface area contributed by atoms with Crippen LogP contribution in [0.2, 0.25) is 0 Å². The first-order chi connectivity index (χ1) is 10.9. The number of rotatable bonds is 7. The van der Waals surface area contributed by atoms with Crippen molar-refractivity contribution in [2.45, 2.75) is 32.8 Å². The molecule has 0 spiro atoms. The van der Waals surface area contributed by atoms with Crippen LogP contribution in [0, 0.1) is 11.7 Å². The van der Waals surface area contributed by atoms with Crippen LogP contribution in [0.15, 0.2) is 34.9 Å². The zero-order chi connectivity index (χ0) is 16.8. The van der Waals surface area contributed by atoms with Crippen LogP contribution in [0.5, 0.6) is 0 Å². The molecule has 0 aliphatic heterocycles. The van der Waals surface area contributed by atoms with Gasteiger partial charge in [0.05, 0.1) is 18.2 Å². The summed E-state index contributed by atoms with van der Waals surface area (Å²) in [6, 6.07) is 5.77. The molecule has 0 fully saturated rings. The van der Waals surface area contributed by atoms with Gasteiger partial charge < -0.3 is 14.8 Å². The SMILES string of the molecule is CC(C)CC(O)CNC(=O)Cc1coc(-c2ccc(F)cc2)n1. The third-order valence-corrected chi connectivity index (χ3v) is 3.26. The summed E-state index contributed by atoms with van der Waals surface area (Å²) >= 11 is 0. The Morgan fingerprint density at radius 1 is 1.35 bits per heavy atom. The van der Waals surface area contributed by atoms with Gasteiger partial charge in [-0.25, -0.2) is 9.37 Å². The second-order valence-electron chi connectivity index (χ2n) is 5.92. The monoisotopic (exact) mass is 320 g/mol. The van der Waals surface area contributed by atoms with E-state index in [1.807, 2.05) is 13.8 Å². The fourth-order valence-electron chi connectivity index (χ4n) is 2.20. The number of aromatic nitrogens is 1. The fourth-order valence-corrected chi connectivity index (χ4v) is 2.20. The van der Waals surface area contributed by atoms with E-state index < -0.39 is 6.10 Å². The zero-order valence-electron chi connectivity index (χ0n) is 13.3. The maximum atomic E-state index is 12.9. The molecule has 1 aromatic heterocycles. The molecular weight excluding hydrogens is 299 g/mol. The lowest BCUT2D eigenvalue weighted by Crippen LogP contribution is -2.33. The number of hydrogen-bond acceptors (Lipinski definition) is 4. The molecule has 0 aliphatic rings. The van der Waals surface area contributed by atoms with E-state index in [4.69, 9.17) is 4.42 Å². The Hall–Kier alpha value is -2.21. The molecule has 1 atom stereocenters. The second-order valence-corrected chi connectivity index (χ2v) is 5.92. The molecule has 6 heteroatoms. The van der Waals surface area contributed by atoms with Crippen molar-refractivity contribution in [3.05, 3.63) is 42.0 Å². The minimum Gasteiger partial charge on any atom is -0.444 e. The van der Waals surface area contributed by atoms with Crippen molar-refractivity contribution in [3.8, 4) is 11.5 Å². The first-order valence-electron chi connectivity index (χ1n) is 7.59. The van der Waals surface area contributed by atoms with E-state index in [1.54, 1.807) is 12.1 Å². The fraction of sp³-hybridized carbons (Fsp3) is 0.412. The molecule has 1 aromatic carbocycles. The number of oxazole rings is 1. The third kappa shape index (κ3) is 5.49. The Kier molecular flexibility index (Phi) is 5.87. The van der Waals surface area contributed by atoms with Gasteiger partial charge in [-0.2, -0.15) is 0 Å². The quantitative estimate of drug-likeness (QED) is 0.822. The van der Waals surface area contributed by atoms with E-state index in [2.05, 4.69) is 10.3 Å². The lowest BCUT2D eigenvalue weighted by atomic mass is 10.1. The van der Waals surface area contributed by atoms with Crippen LogP contribution in [-0.4, -0.2) is 28.6 Å². The van der Waals surface area contributed by atoms with E-state index in [0.29, 0.717) is 29.5 Å². The molecule has 1 amide bonds. The van der Waals surface area contributed by atoms with Gasteiger partial charge in [0.1, 0.15) is 12.1 Å². The molecule has 2 rings (SSSR count). The second kappa shape index (κ2) is 7.87. The number of nitrogens with one attached hydrogen (secondary N) is 1. The number of nitrogens with zero attached hydrogens (tertiary/aromatic N) is 1. The molecule has 0 aliphatic carbocycles. The smallest absolute Gasteiger partial charge is 0.226 e. The van der Waals surface area contributed by atoms with Crippen molar-refractivity contribution in [1.82, 2.24) is 10.3 Å². The van der Waals surface area contributed by atoms with Gasteiger partial charge >= 0.3 is 0 Å². The normalized spacial score (nSPS) is 12.4. The Labute approximate surface area is 134 Å². The van der Waals surface area contributed by atoms with Crippen LogP contribution in [-0.2, 0) is 11.2 Å². The highest BCUT2D eigenvalue weighted by atomic mass is 19.1. The van der Waals surface area contributed by atoms with Crippen LogP contribution >= 0.6 is 0 Å². The highest BCUT2D eigenvalue weighted by Gasteiger charge is 2.12. The van der Waals surface area contributed by atoms with Crippen LogP contribution in [0.3, 0.4) is 0 Å². The van der Waals surface area contributed by atoms with Gasteiger partial charge in [0.15, 0.2) is 0 Å². The minimum absolute atomic E-state index is 0.0685. The van der Waals surface area contributed by atoms with Crippen molar-refractivity contribution in [1.29, 1.82) is 0 Å². The van der Waals surface area contributed by atoms with Crippen molar-refractivity contribution in [3.63, 3.8) is 0 Å². The standard InChI is InChI=1S/C17H21FN2O3/c1-11(2)7-15(21)9-19-16(22)8-14-10-23-17(20-14)12-3-5-13(18)6-4-12/h3-6,10-11,15,21H,7-9H2,1-2H3,(H,19,22). The Morgan fingerprint density at radius 3 is 2.70 bits per heavy atom. The van der Waals surface area contributed by atoms with Crippen LogP contribution < -0.4 is 5.32 Å². The van der Waals surface area contributed by atoms with E-state index in [9.17, 15) is 14.3 Å². The molecule has 23 heavy (non-hydrogen) atoms. The van der Waals surface area contributed by atoms with Gasteiger partial charge in [0.2, 0.25) is 11.8 Å². The highest BCUT2D eigenvalue weighted by molar-refractivity contribution is 5.78. The van der Waals surface area contributed by atoms with Gasteiger partial charge in [0.25, 0.3) is 0 Å². The summed E-state index contributed by atoms with van der Waals surface area (Å²) in [7, 11) is 0. The van der Waals surface area contributed by atoms with Crippen molar-refractivity contribution >= 4 is 5.91 Å². The van der Waals surface area contributed by atoms with Gasteiger partial charge in [0, 0.05) is 12.1 Å². The summed E-state index contributed by atoms with van der Waals surface area (Å²) in [6.45, 7) is 4.24. The molecule has 0 radical (unpaired) electrons. The Morgan fingerprint density at radius 2 is 2.04 bits per heavy atom. The predicted molar refractivity (Wildman–Crippen MR) is 84.1 cm³/mol. The highest BCUT2D eigenvalue weighted by Crippen LogP contribution is 2.19. The maximum absolute atomic E-state index is 12.9. The summed E-state index contributed by atoms with van der Waals surface area (Å²) < 4.78 is 18.2. The molecule has 1 heterocycles. The van der Waals surface area contributed by atoms with E-state index in [0.717, 1.165) is 0 Å². The number of aliphatic hydroxyl groups excluding tert-OH is 1. The van der Waals surface area contributed by atoms with Crippen molar-refractivity contribution in [2.75, 3.05) is 6.54 Å². The Bertz CT molecular complexity index is 638.